The van der Waals surface area contributed by atoms with Crippen LogP contribution < -0.4 is 5.56 Å². The maximum absolute atomic E-state index is 11.6. The van der Waals surface area contributed by atoms with Gasteiger partial charge < -0.3 is 0 Å². The van der Waals surface area contributed by atoms with Crippen LogP contribution in [0, 0.1) is 0 Å². The van der Waals surface area contributed by atoms with Gasteiger partial charge in [0.05, 0.1) is 6.54 Å². The monoisotopic (exact) mass is 246 g/mol. The second kappa shape index (κ2) is 4.81. The lowest BCUT2D eigenvalue weighted by molar-refractivity contribution is 0.629. The molecule has 0 atom stereocenters. The predicted octanol–water partition coefficient (Wildman–Crippen LogP) is 2.77. The van der Waals surface area contributed by atoms with Gasteiger partial charge in [0, 0.05) is 17.0 Å². The van der Waals surface area contributed by atoms with Gasteiger partial charge in [0.15, 0.2) is 0 Å². The average molecular weight is 247 g/mol. The largest absolute Gasteiger partial charge is 0.291 e. The van der Waals surface area contributed by atoms with E-state index in [0.717, 1.165) is 0 Å². The second-order valence-corrected chi connectivity index (χ2v) is 4.46. The highest BCUT2D eigenvalue weighted by Crippen LogP contribution is 2.14. The van der Waals surface area contributed by atoms with Gasteiger partial charge in [-0.1, -0.05) is 43.6 Å². The fourth-order valence-corrected chi connectivity index (χ4v) is 1.57. The van der Waals surface area contributed by atoms with Crippen molar-refractivity contribution in [2.75, 3.05) is 0 Å². The lowest BCUT2D eigenvalue weighted by Gasteiger charge is -2.13. The number of hydrogen-bond donors (Lipinski definition) is 0. The van der Waals surface area contributed by atoms with E-state index in [0.29, 0.717) is 10.9 Å². The van der Waals surface area contributed by atoms with Crippen LogP contribution in [0.15, 0.2) is 22.5 Å². The molecule has 1 heterocycles. The van der Waals surface area contributed by atoms with Crippen molar-refractivity contribution in [1.29, 1.82) is 0 Å². The van der Waals surface area contributed by atoms with E-state index in [-0.39, 0.29) is 23.2 Å². The summed E-state index contributed by atoms with van der Waals surface area (Å²) in [6, 6.07) is 1.27. The van der Waals surface area contributed by atoms with Gasteiger partial charge in [-0.05, 0) is 0 Å². The molecule has 0 saturated heterocycles. The number of hydrogen-bond acceptors (Lipinski definition) is 2. The predicted molar refractivity (Wildman–Crippen MR) is 62.6 cm³/mol. The van der Waals surface area contributed by atoms with E-state index < -0.39 is 0 Å². The lowest BCUT2D eigenvalue weighted by atomic mass is 10.2. The van der Waals surface area contributed by atoms with Crippen molar-refractivity contribution in [2.24, 2.45) is 0 Å². The van der Waals surface area contributed by atoms with Crippen molar-refractivity contribution in [3.63, 3.8) is 0 Å². The highest BCUT2D eigenvalue weighted by Gasteiger charge is 2.11. The molecule has 15 heavy (non-hydrogen) atoms. The molecular weight excluding hydrogens is 235 g/mol. The summed E-state index contributed by atoms with van der Waals surface area (Å²) in [4.78, 5) is 15.8. The average Bonchev–Trinajstić information content (AvgIpc) is 2.08. The third-order valence-electron chi connectivity index (χ3n) is 1.85. The first-order chi connectivity index (χ1) is 6.91. The Bertz CT molecular complexity index is 438. The third kappa shape index (κ3) is 3.08. The zero-order valence-electron chi connectivity index (χ0n) is 8.63. The Labute approximate surface area is 98.3 Å². The minimum Gasteiger partial charge on any atom is -0.291 e. The maximum atomic E-state index is 11.6. The van der Waals surface area contributed by atoms with Crippen LogP contribution in [0.2, 0.25) is 5.15 Å². The Kier molecular flexibility index (Phi) is 3.94. The molecule has 0 aliphatic carbocycles. The van der Waals surface area contributed by atoms with Crippen LogP contribution >= 0.6 is 23.2 Å². The van der Waals surface area contributed by atoms with Gasteiger partial charge >= 0.3 is 0 Å². The minimum absolute atomic E-state index is 0.104. The molecule has 0 bridgehead atoms. The van der Waals surface area contributed by atoms with Crippen LogP contribution in [0.25, 0.3) is 0 Å². The topological polar surface area (TPSA) is 34.9 Å². The van der Waals surface area contributed by atoms with Crippen molar-refractivity contribution in [3.05, 3.63) is 39.0 Å². The maximum Gasteiger partial charge on any atom is 0.255 e. The molecule has 82 valence electrons. The van der Waals surface area contributed by atoms with Crippen LogP contribution in [-0.4, -0.2) is 9.55 Å². The summed E-state index contributed by atoms with van der Waals surface area (Å²) in [7, 11) is 0. The van der Waals surface area contributed by atoms with Gasteiger partial charge in [0.25, 0.3) is 5.56 Å². The molecule has 3 nitrogen and oxygen atoms in total. The van der Waals surface area contributed by atoms with E-state index >= 15 is 0 Å². The van der Waals surface area contributed by atoms with E-state index in [1.807, 2.05) is 13.8 Å². The fourth-order valence-electron chi connectivity index (χ4n) is 1.27. The molecule has 0 fully saturated rings. The van der Waals surface area contributed by atoms with Crippen LogP contribution in [0.4, 0.5) is 0 Å². The van der Waals surface area contributed by atoms with Gasteiger partial charge in [-0.25, -0.2) is 4.98 Å². The molecule has 0 aromatic carbocycles. The molecule has 0 spiro atoms. The summed E-state index contributed by atoms with van der Waals surface area (Å²) in [5.41, 5.74) is -0.208. The van der Waals surface area contributed by atoms with E-state index in [9.17, 15) is 4.79 Å². The lowest BCUT2D eigenvalue weighted by Crippen LogP contribution is -2.25. The highest BCUT2D eigenvalue weighted by atomic mass is 35.5. The van der Waals surface area contributed by atoms with E-state index in [1.54, 1.807) is 0 Å². The number of halogens is 2. The molecule has 1 rings (SSSR count). The van der Waals surface area contributed by atoms with Crippen LogP contribution in [0.5, 0.6) is 0 Å². The molecule has 0 amide bonds. The molecule has 0 unspecified atom stereocenters. The van der Waals surface area contributed by atoms with Gasteiger partial charge in [-0.3, -0.25) is 9.36 Å². The molecule has 5 heteroatoms. The van der Waals surface area contributed by atoms with Crippen molar-refractivity contribution >= 4 is 23.2 Å². The summed E-state index contributed by atoms with van der Waals surface area (Å²) in [6.07, 6.45) is 0. The van der Waals surface area contributed by atoms with E-state index in [2.05, 4.69) is 11.6 Å². The van der Waals surface area contributed by atoms with Crippen molar-refractivity contribution in [3.8, 4) is 0 Å². The fraction of sp³-hybridized carbons (Fsp3) is 0.400. The van der Waals surface area contributed by atoms with E-state index in [1.165, 1.54) is 10.6 Å². The van der Waals surface area contributed by atoms with E-state index in [4.69, 9.17) is 23.2 Å². The van der Waals surface area contributed by atoms with Crippen LogP contribution in [0.1, 0.15) is 25.6 Å². The number of allylic oxidation sites excluding steroid dienone is 1. The molecule has 1 aromatic rings. The Morgan fingerprint density at radius 3 is 2.73 bits per heavy atom. The standard InChI is InChI=1S/C10H12Cl2N2O/c1-6(2)10-13-8(12)4-9(15)14(10)5-7(3)11/h4,6H,3,5H2,1-2H3. The minimum atomic E-state index is -0.208. The SMILES string of the molecule is C=C(Cl)Cn1c(C(C)C)nc(Cl)cc1=O. The third-order valence-corrected chi connectivity index (χ3v) is 2.17. The zero-order valence-corrected chi connectivity index (χ0v) is 10.1. The summed E-state index contributed by atoms with van der Waals surface area (Å²) < 4.78 is 1.48. The molecule has 0 radical (unpaired) electrons. The first-order valence-electron chi connectivity index (χ1n) is 4.52. The van der Waals surface area contributed by atoms with Crippen LogP contribution in [-0.2, 0) is 6.54 Å². The molecule has 0 aliphatic rings. The van der Waals surface area contributed by atoms with Gasteiger partial charge in [-0.15, -0.1) is 0 Å². The normalized spacial score (nSPS) is 10.7. The van der Waals surface area contributed by atoms with Crippen molar-refractivity contribution in [2.45, 2.75) is 26.3 Å². The molecule has 0 N–H and O–H groups in total. The molecular formula is C10H12Cl2N2O. The first-order valence-corrected chi connectivity index (χ1v) is 5.28. The Morgan fingerprint density at radius 2 is 2.27 bits per heavy atom. The second-order valence-electron chi connectivity index (χ2n) is 3.53. The van der Waals surface area contributed by atoms with Gasteiger partial charge in [0.1, 0.15) is 11.0 Å². The molecule has 1 aromatic heterocycles. The Morgan fingerprint density at radius 1 is 1.67 bits per heavy atom. The number of rotatable bonds is 3. The van der Waals surface area contributed by atoms with Crippen LogP contribution in [0.3, 0.4) is 0 Å². The zero-order chi connectivity index (χ0) is 11.6. The quantitative estimate of drug-likeness (QED) is 0.770. The molecule has 0 aliphatic heterocycles. The highest BCUT2D eigenvalue weighted by molar-refractivity contribution is 6.29. The Balaban J connectivity index is 3.33. The molecule has 0 saturated carbocycles. The van der Waals surface area contributed by atoms with Crippen molar-refractivity contribution < 1.29 is 0 Å². The summed E-state index contributed by atoms with van der Waals surface area (Å²) >= 11 is 11.4. The summed E-state index contributed by atoms with van der Waals surface area (Å²) in [6.45, 7) is 7.69. The number of aromatic nitrogens is 2. The van der Waals surface area contributed by atoms with Gasteiger partial charge in [0.2, 0.25) is 0 Å². The summed E-state index contributed by atoms with van der Waals surface area (Å²) in [5, 5.41) is 0.600. The summed E-state index contributed by atoms with van der Waals surface area (Å²) in [5.74, 6) is 0.724. The smallest absolute Gasteiger partial charge is 0.255 e. The Hall–Kier alpha value is -0.800. The van der Waals surface area contributed by atoms with Crippen molar-refractivity contribution in [1.82, 2.24) is 9.55 Å². The first kappa shape index (κ1) is 12.3. The van der Waals surface area contributed by atoms with Gasteiger partial charge in [-0.2, -0.15) is 0 Å². The number of nitrogens with zero attached hydrogens (tertiary/aromatic N) is 2.